The number of hydrogen-bond acceptors (Lipinski definition) is 4. The van der Waals surface area contributed by atoms with Crippen molar-refractivity contribution in [1.29, 1.82) is 0 Å². The molecule has 1 unspecified atom stereocenters. The molecule has 1 aliphatic rings. The molecule has 1 aliphatic heterocycles. The zero-order valence-corrected chi connectivity index (χ0v) is 9.49. The van der Waals surface area contributed by atoms with E-state index in [1.165, 1.54) is 0 Å². The van der Waals surface area contributed by atoms with E-state index in [1.807, 2.05) is 6.92 Å². The summed E-state index contributed by atoms with van der Waals surface area (Å²) in [6, 6.07) is 0. The van der Waals surface area contributed by atoms with Gasteiger partial charge in [-0.25, -0.2) is 0 Å². The maximum absolute atomic E-state index is 11.8. The molecule has 1 aromatic rings. The number of nitrogens with two attached hydrogens (primary N) is 1. The Bertz CT molecular complexity index is 407. The van der Waals surface area contributed by atoms with Crippen LogP contribution in [-0.2, 0) is 16.6 Å². The molecular formula is C10H16N4O2. The average Bonchev–Trinajstić information content (AvgIpc) is 2.83. The summed E-state index contributed by atoms with van der Waals surface area (Å²) in [4.78, 5) is 11.8. The second-order valence-electron chi connectivity index (χ2n) is 4.02. The van der Waals surface area contributed by atoms with E-state index in [1.54, 1.807) is 11.7 Å². The molecule has 0 aliphatic carbocycles. The predicted octanol–water partition coefficient (Wildman–Crippen LogP) is 0.286. The summed E-state index contributed by atoms with van der Waals surface area (Å²) in [5.41, 5.74) is 7.07. The SMILES string of the molecule is Cc1nn(C)c(NC(=O)C2CCOC2)c1N. The molecule has 1 atom stereocenters. The van der Waals surface area contributed by atoms with E-state index in [4.69, 9.17) is 10.5 Å². The van der Waals surface area contributed by atoms with Gasteiger partial charge in [-0.2, -0.15) is 5.10 Å². The fraction of sp³-hybridized carbons (Fsp3) is 0.600. The van der Waals surface area contributed by atoms with Gasteiger partial charge in [0.15, 0.2) is 5.82 Å². The Balaban J connectivity index is 2.11. The molecule has 88 valence electrons. The highest BCUT2D eigenvalue weighted by atomic mass is 16.5. The standard InChI is InChI=1S/C10H16N4O2/c1-6-8(11)9(14(2)13-6)12-10(15)7-3-4-16-5-7/h7H,3-5,11H2,1-2H3,(H,12,15). The number of nitrogen functional groups attached to an aromatic ring is 1. The Kier molecular flexibility index (Phi) is 2.82. The molecule has 16 heavy (non-hydrogen) atoms. The van der Waals surface area contributed by atoms with Crippen LogP contribution in [0.4, 0.5) is 11.5 Å². The van der Waals surface area contributed by atoms with Crippen molar-refractivity contribution < 1.29 is 9.53 Å². The molecule has 0 bridgehead atoms. The smallest absolute Gasteiger partial charge is 0.231 e. The lowest BCUT2D eigenvalue weighted by Gasteiger charge is -2.09. The van der Waals surface area contributed by atoms with Crippen LogP contribution >= 0.6 is 0 Å². The molecule has 2 rings (SSSR count). The first-order chi connectivity index (χ1) is 7.59. The highest BCUT2D eigenvalue weighted by Crippen LogP contribution is 2.22. The van der Waals surface area contributed by atoms with E-state index in [9.17, 15) is 4.79 Å². The summed E-state index contributed by atoms with van der Waals surface area (Å²) in [5, 5.41) is 6.93. The zero-order chi connectivity index (χ0) is 11.7. The van der Waals surface area contributed by atoms with Gasteiger partial charge < -0.3 is 15.8 Å². The highest BCUT2D eigenvalue weighted by Gasteiger charge is 2.25. The van der Waals surface area contributed by atoms with Crippen LogP contribution in [0.5, 0.6) is 0 Å². The number of aromatic nitrogens is 2. The van der Waals surface area contributed by atoms with E-state index in [0.717, 1.165) is 12.1 Å². The van der Waals surface area contributed by atoms with Crippen LogP contribution in [0, 0.1) is 12.8 Å². The van der Waals surface area contributed by atoms with Crippen molar-refractivity contribution in [3.8, 4) is 0 Å². The Morgan fingerprint density at radius 3 is 2.94 bits per heavy atom. The molecule has 1 saturated heterocycles. The lowest BCUT2D eigenvalue weighted by Crippen LogP contribution is -2.24. The van der Waals surface area contributed by atoms with Crippen LogP contribution in [0.2, 0.25) is 0 Å². The topological polar surface area (TPSA) is 82.2 Å². The van der Waals surface area contributed by atoms with Crippen LogP contribution < -0.4 is 11.1 Å². The Morgan fingerprint density at radius 1 is 1.69 bits per heavy atom. The first-order valence-electron chi connectivity index (χ1n) is 5.27. The molecule has 6 nitrogen and oxygen atoms in total. The molecule has 3 N–H and O–H groups in total. The Morgan fingerprint density at radius 2 is 2.44 bits per heavy atom. The third-order valence-electron chi connectivity index (χ3n) is 2.81. The van der Waals surface area contributed by atoms with E-state index < -0.39 is 0 Å². The lowest BCUT2D eigenvalue weighted by molar-refractivity contribution is -0.119. The fourth-order valence-corrected chi connectivity index (χ4v) is 1.78. The zero-order valence-electron chi connectivity index (χ0n) is 9.49. The number of nitrogens with one attached hydrogen (secondary N) is 1. The number of carbonyl (C=O) groups excluding carboxylic acids is 1. The van der Waals surface area contributed by atoms with Crippen molar-refractivity contribution >= 4 is 17.4 Å². The van der Waals surface area contributed by atoms with Gasteiger partial charge in [-0.1, -0.05) is 0 Å². The predicted molar refractivity (Wildman–Crippen MR) is 59.9 cm³/mol. The minimum atomic E-state index is -0.0744. The summed E-state index contributed by atoms with van der Waals surface area (Å²) in [5.74, 6) is 0.441. The quantitative estimate of drug-likeness (QED) is 0.756. The minimum Gasteiger partial charge on any atom is -0.394 e. The summed E-state index contributed by atoms with van der Waals surface area (Å²) in [6.07, 6.45) is 0.766. The van der Waals surface area contributed by atoms with Crippen molar-refractivity contribution in [3.05, 3.63) is 5.69 Å². The van der Waals surface area contributed by atoms with Crippen LogP contribution in [-0.4, -0.2) is 28.9 Å². The summed E-state index contributed by atoms with van der Waals surface area (Å²) < 4.78 is 6.75. The third-order valence-corrected chi connectivity index (χ3v) is 2.81. The second-order valence-corrected chi connectivity index (χ2v) is 4.02. The molecule has 1 aromatic heterocycles. The normalized spacial score (nSPS) is 20.0. The van der Waals surface area contributed by atoms with Gasteiger partial charge in [-0.15, -0.1) is 0 Å². The number of anilines is 2. The van der Waals surface area contributed by atoms with Crippen molar-refractivity contribution in [2.75, 3.05) is 24.3 Å². The number of hydrogen-bond donors (Lipinski definition) is 2. The average molecular weight is 224 g/mol. The first kappa shape index (κ1) is 10.9. The number of rotatable bonds is 2. The van der Waals surface area contributed by atoms with Gasteiger partial charge in [-0.3, -0.25) is 9.48 Å². The van der Waals surface area contributed by atoms with E-state index in [-0.39, 0.29) is 11.8 Å². The van der Waals surface area contributed by atoms with Crippen molar-refractivity contribution in [2.45, 2.75) is 13.3 Å². The van der Waals surface area contributed by atoms with Gasteiger partial charge in [0, 0.05) is 13.7 Å². The molecule has 2 heterocycles. The number of ether oxygens (including phenoxy) is 1. The first-order valence-corrected chi connectivity index (χ1v) is 5.27. The summed E-state index contributed by atoms with van der Waals surface area (Å²) >= 11 is 0. The van der Waals surface area contributed by atoms with Crippen LogP contribution in [0.1, 0.15) is 12.1 Å². The maximum atomic E-state index is 11.8. The maximum Gasteiger partial charge on any atom is 0.231 e. The largest absolute Gasteiger partial charge is 0.394 e. The van der Waals surface area contributed by atoms with E-state index in [0.29, 0.717) is 24.7 Å². The molecule has 1 amide bonds. The number of nitrogens with zero attached hydrogens (tertiary/aromatic N) is 2. The number of carbonyl (C=O) groups is 1. The van der Waals surface area contributed by atoms with E-state index in [2.05, 4.69) is 10.4 Å². The van der Waals surface area contributed by atoms with Crippen molar-refractivity contribution in [2.24, 2.45) is 13.0 Å². The molecule has 1 fully saturated rings. The fourth-order valence-electron chi connectivity index (χ4n) is 1.78. The van der Waals surface area contributed by atoms with Crippen molar-refractivity contribution in [3.63, 3.8) is 0 Å². The highest BCUT2D eigenvalue weighted by molar-refractivity contribution is 5.94. The molecule has 0 radical (unpaired) electrons. The summed E-state index contributed by atoms with van der Waals surface area (Å²) in [6.45, 7) is 2.95. The van der Waals surface area contributed by atoms with Gasteiger partial charge in [0.2, 0.25) is 5.91 Å². The Labute approximate surface area is 93.8 Å². The molecular weight excluding hydrogens is 208 g/mol. The number of aryl methyl sites for hydroxylation is 2. The van der Waals surface area contributed by atoms with Gasteiger partial charge >= 0.3 is 0 Å². The molecule has 6 heteroatoms. The van der Waals surface area contributed by atoms with E-state index >= 15 is 0 Å². The van der Waals surface area contributed by atoms with Gasteiger partial charge in [-0.05, 0) is 13.3 Å². The molecule has 0 saturated carbocycles. The van der Waals surface area contributed by atoms with Gasteiger partial charge in [0.05, 0.1) is 23.9 Å². The number of amides is 1. The molecule has 0 aromatic carbocycles. The van der Waals surface area contributed by atoms with Crippen LogP contribution in [0.15, 0.2) is 0 Å². The lowest BCUT2D eigenvalue weighted by atomic mass is 10.1. The molecule has 0 spiro atoms. The van der Waals surface area contributed by atoms with Crippen molar-refractivity contribution in [1.82, 2.24) is 9.78 Å². The summed E-state index contributed by atoms with van der Waals surface area (Å²) in [7, 11) is 1.75. The Hall–Kier alpha value is -1.56. The monoisotopic (exact) mass is 224 g/mol. The van der Waals surface area contributed by atoms with Crippen LogP contribution in [0.3, 0.4) is 0 Å². The second kappa shape index (κ2) is 4.13. The van der Waals surface area contributed by atoms with Gasteiger partial charge in [0.25, 0.3) is 0 Å². The third kappa shape index (κ3) is 1.88. The minimum absolute atomic E-state index is 0.0489. The van der Waals surface area contributed by atoms with Gasteiger partial charge in [0.1, 0.15) is 0 Å². The van der Waals surface area contributed by atoms with Crippen LogP contribution in [0.25, 0.3) is 0 Å².